The van der Waals surface area contributed by atoms with Crippen LogP contribution in [0.2, 0.25) is 0 Å². The minimum absolute atomic E-state index is 0.0959. The number of carbonyl (C=O) groups is 2. The van der Waals surface area contributed by atoms with E-state index in [4.69, 9.17) is 15.2 Å². The molecular weight excluding hydrogens is 286 g/mol. The minimum atomic E-state index is -0.649. The summed E-state index contributed by atoms with van der Waals surface area (Å²) < 4.78 is 10.3. The lowest BCUT2D eigenvalue weighted by Crippen LogP contribution is -2.16. The third-order valence-corrected chi connectivity index (χ3v) is 2.94. The van der Waals surface area contributed by atoms with Crippen molar-refractivity contribution in [2.45, 2.75) is 0 Å². The van der Waals surface area contributed by atoms with Gasteiger partial charge in [-0.25, -0.2) is 0 Å². The van der Waals surface area contributed by atoms with E-state index in [0.29, 0.717) is 22.7 Å². The Kier molecular flexibility index (Phi) is 4.57. The third-order valence-electron chi connectivity index (χ3n) is 2.94. The summed E-state index contributed by atoms with van der Waals surface area (Å²) in [7, 11) is 3.03. The lowest BCUT2D eigenvalue weighted by Gasteiger charge is -2.11. The first-order chi connectivity index (χ1) is 10.5. The van der Waals surface area contributed by atoms with E-state index in [0.717, 1.165) is 0 Å². The smallest absolute Gasteiger partial charge is 0.267 e. The molecule has 1 aromatic heterocycles. The number of carbonyl (C=O) groups excluding carboxylic acids is 2. The number of ether oxygens (including phenoxy) is 2. The normalized spacial score (nSPS) is 9.91. The highest BCUT2D eigenvalue weighted by atomic mass is 16.5. The number of nitrogens with one attached hydrogen (secondary N) is 1. The van der Waals surface area contributed by atoms with Gasteiger partial charge in [-0.2, -0.15) is 0 Å². The summed E-state index contributed by atoms with van der Waals surface area (Å²) in [5.74, 6) is 0.0486. The van der Waals surface area contributed by atoms with Gasteiger partial charge in [0.2, 0.25) is 0 Å². The van der Waals surface area contributed by atoms with Crippen molar-refractivity contribution in [3.05, 3.63) is 47.8 Å². The molecule has 0 spiro atoms. The molecule has 22 heavy (non-hydrogen) atoms. The first-order valence-corrected chi connectivity index (χ1v) is 6.34. The minimum Gasteiger partial charge on any atom is -0.497 e. The zero-order valence-electron chi connectivity index (χ0n) is 12.1. The Morgan fingerprint density at radius 2 is 1.91 bits per heavy atom. The lowest BCUT2D eigenvalue weighted by atomic mass is 10.2. The van der Waals surface area contributed by atoms with Gasteiger partial charge in [0.05, 0.1) is 25.5 Å². The van der Waals surface area contributed by atoms with Crippen LogP contribution in [0.3, 0.4) is 0 Å². The average Bonchev–Trinajstić information content (AvgIpc) is 2.55. The van der Waals surface area contributed by atoms with Crippen molar-refractivity contribution in [3.8, 4) is 11.5 Å². The molecule has 0 aliphatic rings. The van der Waals surface area contributed by atoms with Gasteiger partial charge in [0, 0.05) is 12.3 Å². The van der Waals surface area contributed by atoms with E-state index in [1.54, 1.807) is 25.3 Å². The van der Waals surface area contributed by atoms with Crippen LogP contribution < -0.4 is 20.5 Å². The Morgan fingerprint density at radius 3 is 2.45 bits per heavy atom. The number of nitrogens with two attached hydrogens (primary N) is 1. The van der Waals surface area contributed by atoms with Gasteiger partial charge < -0.3 is 20.5 Å². The standard InChI is InChI=1S/C15H15N3O4/c1-21-10-4-6-11(13(7-10)22-2)18-15(20)9-3-5-12(14(16)19)17-8-9/h3-8H,1-2H3,(H2,16,19)(H,18,20). The number of anilines is 1. The predicted molar refractivity (Wildman–Crippen MR) is 80.3 cm³/mol. The zero-order valence-corrected chi connectivity index (χ0v) is 12.1. The number of amides is 2. The summed E-state index contributed by atoms with van der Waals surface area (Å²) in [6.07, 6.45) is 1.28. The molecule has 0 saturated heterocycles. The molecule has 3 N–H and O–H groups in total. The monoisotopic (exact) mass is 301 g/mol. The van der Waals surface area contributed by atoms with Gasteiger partial charge in [-0.05, 0) is 24.3 Å². The number of primary amides is 1. The molecule has 2 rings (SSSR count). The van der Waals surface area contributed by atoms with Gasteiger partial charge in [0.25, 0.3) is 11.8 Å². The number of rotatable bonds is 5. The molecule has 7 nitrogen and oxygen atoms in total. The second-order valence-corrected chi connectivity index (χ2v) is 4.32. The Bertz CT molecular complexity index is 698. The van der Waals surface area contributed by atoms with Crippen LogP contribution in [0.15, 0.2) is 36.5 Å². The maximum atomic E-state index is 12.2. The summed E-state index contributed by atoms with van der Waals surface area (Å²) in [5, 5.41) is 2.70. The molecule has 2 aromatic rings. The molecule has 114 valence electrons. The van der Waals surface area contributed by atoms with E-state index >= 15 is 0 Å². The molecule has 0 aliphatic carbocycles. The largest absolute Gasteiger partial charge is 0.497 e. The summed E-state index contributed by atoms with van der Waals surface area (Å²) in [6.45, 7) is 0. The van der Waals surface area contributed by atoms with E-state index in [1.165, 1.54) is 25.4 Å². The highest BCUT2D eigenvalue weighted by Crippen LogP contribution is 2.29. The second kappa shape index (κ2) is 6.57. The molecule has 1 heterocycles. The fourth-order valence-electron chi connectivity index (χ4n) is 1.77. The van der Waals surface area contributed by atoms with Crippen LogP contribution in [0, 0.1) is 0 Å². The lowest BCUT2D eigenvalue weighted by molar-refractivity contribution is 0.0990. The Hall–Kier alpha value is -3.09. The molecule has 0 fully saturated rings. The maximum absolute atomic E-state index is 12.2. The van der Waals surface area contributed by atoms with Gasteiger partial charge in [-0.1, -0.05) is 0 Å². The van der Waals surface area contributed by atoms with Crippen molar-refractivity contribution in [1.82, 2.24) is 4.98 Å². The molecular formula is C15H15N3O4. The number of hydrogen-bond acceptors (Lipinski definition) is 5. The van der Waals surface area contributed by atoms with E-state index in [-0.39, 0.29) is 11.6 Å². The van der Waals surface area contributed by atoms with E-state index in [9.17, 15) is 9.59 Å². The molecule has 0 unspecified atom stereocenters. The van der Waals surface area contributed by atoms with Crippen LogP contribution in [0.25, 0.3) is 0 Å². The van der Waals surface area contributed by atoms with Crippen LogP contribution in [0.1, 0.15) is 20.8 Å². The molecule has 0 saturated carbocycles. The SMILES string of the molecule is COc1ccc(NC(=O)c2ccc(C(N)=O)nc2)c(OC)c1. The van der Waals surface area contributed by atoms with Crippen LogP contribution >= 0.6 is 0 Å². The van der Waals surface area contributed by atoms with Gasteiger partial charge in [0.15, 0.2) is 0 Å². The second-order valence-electron chi connectivity index (χ2n) is 4.32. The Morgan fingerprint density at radius 1 is 1.14 bits per heavy atom. The van der Waals surface area contributed by atoms with Crippen molar-refractivity contribution in [1.29, 1.82) is 0 Å². The van der Waals surface area contributed by atoms with Crippen molar-refractivity contribution in [2.24, 2.45) is 5.73 Å². The fourth-order valence-corrected chi connectivity index (χ4v) is 1.77. The van der Waals surface area contributed by atoms with Crippen molar-refractivity contribution < 1.29 is 19.1 Å². The van der Waals surface area contributed by atoms with E-state index in [2.05, 4.69) is 10.3 Å². The van der Waals surface area contributed by atoms with Crippen LogP contribution in [-0.4, -0.2) is 31.0 Å². The van der Waals surface area contributed by atoms with Crippen molar-refractivity contribution >= 4 is 17.5 Å². The van der Waals surface area contributed by atoms with Gasteiger partial charge in [0.1, 0.15) is 17.2 Å². The van der Waals surface area contributed by atoms with Crippen LogP contribution in [-0.2, 0) is 0 Å². The maximum Gasteiger partial charge on any atom is 0.267 e. The van der Waals surface area contributed by atoms with Crippen molar-refractivity contribution in [2.75, 3.05) is 19.5 Å². The summed E-state index contributed by atoms with van der Waals surface area (Å²) in [6, 6.07) is 7.89. The highest BCUT2D eigenvalue weighted by Gasteiger charge is 2.12. The molecule has 0 bridgehead atoms. The molecule has 7 heteroatoms. The molecule has 0 aliphatic heterocycles. The first-order valence-electron chi connectivity index (χ1n) is 6.34. The summed E-state index contributed by atoms with van der Waals surface area (Å²) in [4.78, 5) is 26.9. The summed E-state index contributed by atoms with van der Waals surface area (Å²) in [5.41, 5.74) is 5.98. The third kappa shape index (κ3) is 3.32. The Labute approximate surface area is 127 Å². The molecule has 0 radical (unpaired) electrons. The van der Waals surface area contributed by atoms with Crippen LogP contribution in [0.5, 0.6) is 11.5 Å². The van der Waals surface area contributed by atoms with E-state index in [1.807, 2.05) is 0 Å². The average molecular weight is 301 g/mol. The van der Waals surface area contributed by atoms with Gasteiger partial charge in [-0.15, -0.1) is 0 Å². The number of pyridine rings is 1. The number of methoxy groups -OCH3 is 2. The number of nitrogens with zero attached hydrogens (tertiary/aromatic N) is 1. The van der Waals surface area contributed by atoms with Gasteiger partial charge in [-0.3, -0.25) is 14.6 Å². The molecule has 1 aromatic carbocycles. The zero-order chi connectivity index (χ0) is 16.1. The first kappa shape index (κ1) is 15.3. The number of hydrogen-bond donors (Lipinski definition) is 2. The Balaban J connectivity index is 2.19. The summed E-state index contributed by atoms with van der Waals surface area (Å²) >= 11 is 0. The topological polar surface area (TPSA) is 104 Å². The quantitative estimate of drug-likeness (QED) is 0.870. The number of aromatic nitrogens is 1. The van der Waals surface area contributed by atoms with Crippen LogP contribution in [0.4, 0.5) is 5.69 Å². The van der Waals surface area contributed by atoms with Gasteiger partial charge >= 0.3 is 0 Å². The van der Waals surface area contributed by atoms with Crippen molar-refractivity contribution in [3.63, 3.8) is 0 Å². The predicted octanol–water partition coefficient (Wildman–Crippen LogP) is 1.45. The highest BCUT2D eigenvalue weighted by molar-refractivity contribution is 6.05. The molecule has 2 amide bonds. The fraction of sp³-hybridized carbons (Fsp3) is 0.133. The molecule has 0 atom stereocenters. The number of benzene rings is 1. The van der Waals surface area contributed by atoms with E-state index < -0.39 is 5.91 Å².